The molecule has 2 aromatic rings. The Morgan fingerprint density at radius 2 is 1.55 bits per heavy atom. The smallest absolute Gasteiger partial charge is 0.240 e. The van der Waals surface area contributed by atoms with E-state index in [4.69, 9.17) is 5.73 Å². The number of hydrogen-bond acceptors (Lipinski definition) is 2. The van der Waals surface area contributed by atoms with Crippen LogP contribution in [0.3, 0.4) is 0 Å². The van der Waals surface area contributed by atoms with Crippen LogP contribution >= 0.6 is 0 Å². The van der Waals surface area contributed by atoms with Crippen LogP contribution in [0.2, 0.25) is 0 Å². The van der Waals surface area contributed by atoms with Gasteiger partial charge in [0.15, 0.2) is 0 Å². The summed E-state index contributed by atoms with van der Waals surface area (Å²) in [5.74, 6) is 0.0494. The SMILES string of the molecule is CCCC(N)C(=O)N1Cc2ccccc2-c2ccccc2C1. The lowest BCUT2D eigenvalue weighted by molar-refractivity contribution is -0.134. The van der Waals surface area contributed by atoms with Crippen molar-refractivity contribution < 1.29 is 4.79 Å². The van der Waals surface area contributed by atoms with Crippen LogP contribution in [-0.2, 0) is 17.9 Å². The summed E-state index contributed by atoms with van der Waals surface area (Å²) in [6, 6.07) is 16.2. The van der Waals surface area contributed by atoms with Crippen molar-refractivity contribution in [2.45, 2.75) is 38.9 Å². The standard InChI is InChI=1S/C19H22N2O/c1-2-7-18(20)19(22)21-12-14-8-3-5-10-16(14)17-11-6-4-9-15(17)13-21/h3-6,8-11,18H,2,7,12-13,20H2,1H3. The Balaban J connectivity index is 2.00. The van der Waals surface area contributed by atoms with E-state index < -0.39 is 6.04 Å². The fourth-order valence-corrected chi connectivity index (χ4v) is 3.13. The zero-order chi connectivity index (χ0) is 15.5. The molecule has 0 radical (unpaired) electrons. The van der Waals surface area contributed by atoms with Crippen molar-refractivity contribution in [2.75, 3.05) is 0 Å². The Morgan fingerprint density at radius 3 is 2.05 bits per heavy atom. The van der Waals surface area contributed by atoms with E-state index in [9.17, 15) is 4.79 Å². The van der Waals surface area contributed by atoms with E-state index in [2.05, 4.69) is 43.3 Å². The maximum absolute atomic E-state index is 12.7. The fraction of sp³-hybridized carbons (Fsp3) is 0.316. The summed E-state index contributed by atoms with van der Waals surface area (Å²) in [6.45, 7) is 3.31. The summed E-state index contributed by atoms with van der Waals surface area (Å²) in [6.07, 6.45) is 1.66. The van der Waals surface area contributed by atoms with Gasteiger partial charge in [-0.05, 0) is 28.7 Å². The molecule has 0 spiro atoms. The Hall–Kier alpha value is -2.13. The third-order valence-electron chi connectivity index (χ3n) is 4.28. The monoisotopic (exact) mass is 294 g/mol. The molecule has 2 aromatic carbocycles. The molecule has 1 aliphatic heterocycles. The van der Waals surface area contributed by atoms with Crippen molar-refractivity contribution in [1.82, 2.24) is 4.90 Å². The molecule has 0 aromatic heterocycles. The van der Waals surface area contributed by atoms with Gasteiger partial charge in [0.2, 0.25) is 5.91 Å². The molecule has 3 heteroatoms. The predicted octanol–water partition coefficient (Wildman–Crippen LogP) is 3.32. The molecule has 0 saturated heterocycles. The second-order valence-electron chi connectivity index (χ2n) is 5.90. The second-order valence-corrected chi connectivity index (χ2v) is 5.90. The van der Waals surface area contributed by atoms with Crippen LogP contribution in [0.15, 0.2) is 48.5 Å². The minimum Gasteiger partial charge on any atom is -0.333 e. The molecule has 0 saturated carbocycles. The summed E-state index contributed by atoms with van der Waals surface area (Å²) < 4.78 is 0. The zero-order valence-electron chi connectivity index (χ0n) is 13.0. The van der Waals surface area contributed by atoms with Crippen molar-refractivity contribution >= 4 is 5.91 Å². The van der Waals surface area contributed by atoms with Gasteiger partial charge >= 0.3 is 0 Å². The number of hydrogen-bond donors (Lipinski definition) is 1. The molecular weight excluding hydrogens is 272 g/mol. The molecule has 114 valence electrons. The highest BCUT2D eigenvalue weighted by Gasteiger charge is 2.25. The number of carbonyl (C=O) groups excluding carboxylic acids is 1. The summed E-state index contributed by atoms with van der Waals surface area (Å²) in [7, 11) is 0. The molecule has 3 rings (SSSR count). The summed E-state index contributed by atoms with van der Waals surface area (Å²) in [5.41, 5.74) is 10.9. The Kier molecular flexibility index (Phi) is 4.25. The minimum absolute atomic E-state index is 0.0494. The van der Waals surface area contributed by atoms with Gasteiger partial charge in [0.05, 0.1) is 6.04 Å². The lowest BCUT2D eigenvalue weighted by atomic mass is 9.97. The van der Waals surface area contributed by atoms with Crippen LogP contribution < -0.4 is 5.73 Å². The summed E-state index contributed by atoms with van der Waals surface area (Å²) in [4.78, 5) is 14.6. The second kappa shape index (κ2) is 6.32. The van der Waals surface area contributed by atoms with Crippen LogP contribution in [-0.4, -0.2) is 16.8 Å². The molecule has 1 heterocycles. The third kappa shape index (κ3) is 2.77. The van der Waals surface area contributed by atoms with Gasteiger partial charge in [-0.3, -0.25) is 4.79 Å². The normalized spacial score (nSPS) is 14.7. The molecule has 0 bridgehead atoms. The Bertz CT molecular complexity index is 633. The number of nitrogens with two attached hydrogens (primary N) is 1. The number of amides is 1. The lowest BCUT2D eigenvalue weighted by Crippen LogP contribution is -2.42. The average molecular weight is 294 g/mol. The van der Waals surface area contributed by atoms with Gasteiger partial charge in [-0.15, -0.1) is 0 Å². The Morgan fingerprint density at radius 1 is 1.05 bits per heavy atom. The van der Waals surface area contributed by atoms with Gasteiger partial charge in [-0.25, -0.2) is 0 Å². The number of fused-ring (bicyclic) bond motifs is 3. The Labute approximate surface area is 131 Å². The van der Waals surface area contributed by atoms with E-state index in [0.717, 1.165) is 12.8 Å². The van der Waals surface area contributed by atoms with E-state index in [-0.39, 0.29) is 5.91 Å². The third-order valence-corrected chi connectivity index (χ3v) is 4.28. The van der Waals surface area contributed by atoms with Gasteiger partial charge in [0.25, 0.3) is 0 Å². The molecule has 0 fully saturated rings. The average Bonchev–Trinajstić information content (AvgIpc) is 2.71. The number of benzene rings is 2. The van der Waals surface area contributed by atoms with Crippen LogP contribution in [0.25, 0.3) is 11.1 Å². The highest BCUT2D eigenvalue weighted by molar-refractivity contribution is 5.83. The van der Waals surface area contributed by atoms with Gasteiger partial charge in [-0.2, -0.15) is 0 Å². The van der Waals surface area contributed by atoms with Crippen molar-refractivity contribution in [3.05, 3.63) is 59.7 Å². The zero-order valence-corrected chi connectivity index (χ0v) is 13.0. The first-order valence-corrected chi connectivity index (χ1v) is 7.91. The molecular formula is C19H22N2O. The van der Waals surface area contributed by atoms with Crippen LogP contribution in [0.5, 0.6) is 0 Å². The highest BCUT2D eigenvalue weighted by atomic mass is 16.2. The lowest BCUT2D eigenvalue weighted by Gasteiger charge is -2.24. The molecule has 1 amide bonds. The predicted molar refractivity (Wildman–Crippen MR) is 89.0 cm³/mol. The maximum Gasteiger partial charge on any atom is 0.240 e. The highest BCUT2D eigenvalue weighted by Crippen LogP contribution is 2.32. The first kappa shape index (κ1) is 14.8. The molecule has 0 aliphatic carbocycles. The first-order valence-electron chi connectivity index (χ1n) is 7.91. The van der Waals surface area contributed by atoms with Gasteiger partial charge < -0.3 is 10.6 Å². The molecule has 3 nitrogen and oxygen atoms in total. The summed E-state index contributed by atoms with van der Waals surface area (Å²) in [5, 5.41) is 0. The number of carbonyl (C=O) groups is 1. The van der Waals surface area contributed by atoms with Crippen LogP contribution in [0.4, 0.5) is 0 Å². The van der Waals surface area contributed by atoms with Gasteiger partial charge in [0, 0.05) is 13.1 Å². The molecule has 1 unspecified atom stereocenters. The number of rotatable bonds is 3. The maximum atomic E-state index is 12.7. The van der Waals surface area contributed by atoms with Crippen molar-refractivity contribution in [3.63, 3.8) is 0 Å². The molecule has 2 N–H and O–H groups in total. The van der Waals surface area contributed by atoms with E-state index in [0.29, 0.717) is 13.1 Å². The first-order chi connectivity index (χ1) is 10.7. The largest absolute Gasteiger partial charge is 0.333 e. The fourth-order valence-electron chi connectivity index (χ4n) is 3.13. The van der Waals surface area contributed by atoms with Gasteiger partial charge in [-0.1, -0.05) is 61.9 Å². The van der Waals surface area contributed by atoms with E-state index >= 15 is 0 Å². The van der Waals surface area contributed by atoms with E-state index in [1.54, 1.807) is 0 Å². The van der Waals surface area contributed by atoms with Crippen molar-refractivity contribution in [3.8, 4) is 11.1 Å². The van der Waals surface area contributed by atoms with Crippen LogP contribution in [0.1, 0.15) is 30.9 Å². The quantitative estimate of drug-likeness (QED) is 0.944. The van der Waals surface area contributed by atoms with E-state index in [1.165, 1.54) is 22.3 Å². The van der Waals surface area contributed by atoms with E-state index in [1.807, 2.05) is 17.0 Å². The summed E-state index contributed by atoms with van der Waals surface area (Å²) >= 11 is 0. The number of nitrogens with zero attached hydrogens (tertiary/aromatic N) is 1. The van der Waals surface area contributed by atoms with Gasteiger partial charge in [0.1, 0.15) is 0 Å². The van der Waals surface area contributed by atoms with Crippen LogP contribution in [0, 0.1) is 0 Å². The topological polar surface area (TPSA) is 46.3 Å². The minimum atomic E-state index is -0.401. The van der Waals surface area contributed by atoms with Crippen molar-refractivity contribution in [1.29, 1.82) is 0 Å². The van der Waals surface area contributed by atoms with Crippen molar-refractivity contribution in [2.24, 2.45) is 5.73 Å². The molecule has 22 heavy (non-hydrogen) atoms. The molecule has 1 aliphatic rings. The molecule has 1 atom stereocenters.